The molecule has 1 aliphatic carbocycles. The van der Waals surface area contributed by atoms with Crippen molar-refractivity contribution in [1.82, 2.24) is 5.32 Å². The molecule has 0 amide bonds. The fraction of sp³-hybridized carbons (Fsp3) is 0.500. The maximum absolute atomic E-state index is 10.1. The normalized spacial score (nSPS) is 16.2. The van der Waals surface area contributed by atoms with Crippen LogP contribution in [-0.4, -0.2) is 17.9 Å². The van der Waals surface area contributed by atoms with E-state index >= 15 is 0 Å². The number of hydrogen-bond acceptors (Lipinski definition) is 3. The highest BCUT2D eigenvalue weighted by Gasteiger charge is 2.14. The Morgan fingerprint density at radius 2 is 1.67 bits per heavy atom. The summed E-state index contributed by atoms with van der Waals surface area (Å²) in [7, 11) is 0. The lowest BCUT2D eigenvalue weighted by Gasteiger charge is -2.22. The summed E-state index contributed by atoms with van der Waals surface area (Å²) in [5.41, 5.74) is 2.43. The van der Waals surface area contributed by atoms with Gasteiger partial charge in [-0.05, 0) is 48.4 Å². The maximum Gasteiger partial charge on any atom is 0.119 e. The molecule has 0 heterocycles. The third-order valence-corrected chi connectivity index (χ3v) is 5.54. The molecule has 0 aromatic heterocycles. The molecule has 1 saturated carbocycles. The van der Waals surface area contributed by atoms with E-state index in [1.165, 1.54) is 43.2 Å². The minimum atomic E-state index is -0.375. The van der Waals surface area contributed by atoms with Crippen LogP contribution in [0, 0.1) is 5.92 Å². The zero-order chi connectivity index (χ0) is 18.7. The topological polar surface area (TPSA) is 41.5 Å². The fourth-order valence-corrected chi connectivity index (χ4v) is 3.85. The van der Waals surface area contributed by atoms with Crippen molar-refractivity contribution >= 4 is 0 Å². The Morgan fingerprint density at radius 3 is 2.41 bits per heavy atom. The number of benzene rings is 2. The van der Waals surface area contributed by atoms with Crippen LogP contribution in [0.3, 0.4) is 0 Å². The van der Waals surface area contributed by atoms with Crippen LogP contribution < -0.4 is 10.1 Å². The highest BCUT2D eigenvalue weighted by Crippen LogP contribution is 2.27. The fourth-order valence-electron chi connectivity index (χ4n) is 3.85. The Labute approximate surface area is 163 Å². The summed E-state index contributed by atoms with van der Waals surface area (Å²) in [6.45, 7) is 1.39. The zero-order valence-electron chi connectivity index (χ0n) is 16.3. The second-order valence-electron chi connectivity index (χ2n) is 7.72. The molecule has 0 radical (unpaired) electrons. The van der Waals surface area contributed by atoms with Crippen molar-refractivity contribution in [3.8, 4) is 5.75 Å². The van der Waals surface area contributed by atoms with Crippen molar-refractivity contribution < 1.29 is 9.84 Å². The van der Waals surface area contributed by atoms with Crippen molar-refractivity contribution in [1.29, 1.82) is 0 Å². The second-order valence-corrected chi connectivity index (χ2v) is 7.72. The van der Waals surface area contributed by atoms with Gasteiger partial charge in [-0.1, -0.05) is 74.6 Å². The van der Waals surface area contributed by atoms with Crippen molar-refractivity contribution in [2.45, 2.75) is 64.2 Å². The average Bonchev–Trinajstić information content (AvgIpc) is 2.73. The van der Waals surface area contributed by atoms with Crippen molar-refractivity contribution in [2.24, 2.45) is 5.92 Å². The molecule has 0 spiro atoms. The molecule has 3 nitrogen and oxygen atoms in total. The maximum atomic E-state index is 10.1. The molecular weight excluding hydrogens is 334 g/mol. The van der Waals surface area contributed by atoms with Gasteiger partial charge in [0.2, 0.25) is 0 Å². The van der Waals surface area contributed by atoms with Crippen LogP contribution in [0.4, 0.5) is 0 Å². The summed E-state index contributed by atoms with van der Waals surface area (Å²) >= 11 is 0. The first-order valence-electron chi connectivity index (χ1n) is 10.5. The first-order valence-corrected chi connectivity index (χ1v) is 10.5. The lowest BCUT2D eigenvalue weighted by Crippen LogP contribution is -2.31. The van der Waals surface area contributed by atoms with Crippen LogP contribution in [0.5, 0.6) is 5.75 Å². The number of aliphatic hydroxyl groups is 1. The van der Waals surface area contributed by atoms with Crippen molar-refractivity contribution in [3.63, 3.8) is 0 Å². The minimum absolute atomic E-state index is 0.375. The van der Waals surface area contributed by atoms with Crippen LogP contribution in [0.25, 0.3) is 0 Å². The molecule has 1 atom stereocenters. The van der Waals surface area contributed by atoms with Gasteiger partial charge in [0, 0.05) is 6.54 Å². The molecular formula is C24H33NO2. The molecule has 1 unspecified atom stereocenters. The summed E-state index contributed by atoms with van der Waals surface area (Å²) in [6, 6.07) is 18.5. The van der Waals surface area contributed by atoms with Crippen LogP contribution in [0.1, 0.15) is 56.1 Å². The van der Waals surface area contributed by atoms with Crippen molar-refractivity contribution in [2.75, 3.05) is 6.54 Å². The van der Waals surface area contributed by atoms with Gasteiger partial charge in [-0.15, -0.1) is 0 Å². The molecule has 3 heteroatoms. The lowest BCUT2D eigenvalue weighted by molar-refractivity contribution is 0.116. The van der Waals surface area contributed by atoms with Crippen LogP contribution in [0.15, 0.2) is 54.6 Å². The summed E-state index contributed by atoms with van der Waals surface area (Å²) in [5, 5.41) is 13.4. The molecule has 0 bridgehead atoms. The van der Waals surface area contributed by atoms with Gasteiger partial charge in [-0.2, -0.15) is 0 Å². The molecule has 146 valence electrons. The Hall–Kier alpha value is -1.84. The first kappa shape index (κ1) is 19.9. The predicted octanol–water partition coefficient (Wildman–Crippen LogP) is 5.08. The highest BCUT2D eigenvalue weighted by molar-refractivity contribution is 5.28. The van der Waals surface area contributed by atoms with E-state index < -0.39 is 0 Å². The Balaban J connectivity index is 1.31. The Morgan fingerprint density at radius 1 is 0.926 bits per heavy atom. The molecule has 2 aromatic rings. The van der Waals surface area contributed by atoms with Gasteiger partial charge >= 0.3 is 0 Å². The third kappa shape index (κ3) is 7.36. The number of rotatable bonds is 10. The molecule has 0 aliphatic heterocycles. The summed E-state index contributed by atoms with van der Waals surface area (Å²) < 4.78 is 5.82. The number of nitrogens with one attached hydrogen (secondary N) is 1. The van der Waals surface area contributed by atoms with Gasteiger partial charge in [0.05, 0.1) is 0 Å². The van der Waals surface area contributed by atoms with E-state index in [1.807, 2.05) is 30.3 Å². The van der Waals surface area contributed by atoms with Gasteiger partial charge in [-0.3, -0.25) is 5.32 Å². The molecule has 1 aliphatic rings. The van der Waals surface area contributed by atoms with Crippen LogP contribution in [0.2, 0.25) is 0 Å². The van der Waals surface area contributed by atoms with E-state index in [0.717, 1.165) is 37.5 Å². The molecule has 2 N–H and O–H groups in total. The smallest absolute Gasteiger partial charge is 0.119 e. The van der Waals surface area contributed by atoms with Crippen molar-refractivity contribution in [3.05, 3.63) is 65.7 Å². The monoisotopic (exact) mass is 367 g/mol. The van der Waals surface area contributed by atoms with E-state index in [9.17, 15) is 5.11 Å². The predicted molar refractivity (Wildman–Crippen MR) is 111 cm³/mol. The van der Waals surface area contributed by atoms with Gasteiger partial charge in [0.25, 0.3) is 0 Å². The lowest BCUT2D eigenvalue weighted by atomic mass is 9.86. The quantitative estimate of drug-likeness (QED) is 0.576. The summed E-state index contributed by atoms with van der Waals surface area (Å²) in [5.74, 6) is 1.72. The van der Waals surface area contributed by atoms with Crippen LogP contribution in [-0.2, 0) is 13.0 Å². The molecule has 3 rings (SSSR count). The zero-order valence-corrected chi connectivity index (χ0v) is 16.3. The van der Waals surface area contributed by atoms with Gasteiger partial charge < -0.3 is 9.84 Å². The first-order chi connectivity index (χ1) is 13.3. The Kier molecular flexibility index (Phi) is 8.19. The number of hydrogen-bond donors (Lipinski definition) is 2. The minimum Gasteiger partial charge on any atom is -0.489 e. The standard InChI is InChI=1S/C24H33NO2/c26-24(16-13-20-7-3-1-4-8-20)25-18-17-21-11-14-23(15-12-21)27-19-22-9-5-2-6-10-22/h2,5-6,9-12,14-15,20,24-26H,1,3-4,7-8,13,16-19H2. The Bertz CT molecular complexity index is 635. The molecule has 1 fully saturated rings. The number of ether oxygens (including phenoxy) is 1. The van der Waals surface area contributed by atoms with E-state index in [-0.39, 0.29) is 6.23 Å². The number of aliphatic hydroxyl groups excluding tert-OH is 1. The molecule has 2 aromatic carbocycles. The molecule has 27 heavy (non-hydrogen) atoms. The molecule has 0 saturated heterocycles. The van der Waals surface area contributed by atoms with E-state index in [0.29, 0.717) is 6.61 Å². The summed E-state index contributed by atoms with van der Waals surface area (Å²) in [6.07, 6.45) is 9.42. The summed E-state index contributed by atoms with van der Waals surface area (Å²) in [4.78, 5) is 0. The third-order valence-electron chi connectivity index (χ3n) is 5.54. The highest BCUT2D eigenvalue weighted by atomic mass is 16.5. The van der Waals surface area contributed by atoms with E-state index in [1.54, 1.807) is 0 Å². The van der Waals surface area contributed by atoms with Gasteiger partial charge in [0.1, 0.15) is 18.6 Å². The van der Waals surface area contributed by atoms with Crippen LogP contribution >= 0.6 is 0 Å². The second kappa shape index (κ2) is 11.1. The van der Waals surface area contributed by atoms with E-state index in [2.05, 4.69) is 29.6 Å². The average molecular weight is 368 g/mol. The van der Waals surface area contributed by atoms with E-state index in [4.69, 9.17) is 4.74 Å². The largest absolute Gasteiger partial charge is 0.489 e. The van der Waals surface area contributed by atoms with Gasteiger partial charge in [0.15, 0.2) is 0 Å². The SMILES string of the molecule is OC(CCC1CCCCC1)NCCc1ccc(OCc2ccccc2)cc1. The van der Waals surface area contributed by atoms with Gasteiger partial charge in [-0.25, -0.2) is 0 Å².